The Hall–Kier alpha value is -5.22. The number of non-ortho nitro benzene ring substituents is 2. The zero-order valence-corrected chi connectivity index (χ0v) is 22.6. The second kappa shape index (κ2) is 11.5. The summed E-state index contributed by atoms with van der Waals surface area (Å²) in [7, 11) is -7.43. The van der Waals surface area contributed by atoms with Gasteiger partial charge in [0.2, 0.25) is 0 Å². The van der Waals surface area contributed by atoms with Gasteiger partial charge >= 0.3 is 0 Å². The number of methoxy groups -OCH3 is 1. The Morgan fingerprint density at radius 2 is 1.07 bits per heavy atom. The van der Waals surface area contributed by atoms with Crippen LogP contribution in [0.1, 0.15) is 0 Å². The fourth-order valence-corrected chi connectivity index (χ4v) is 5.70. The predicted octanol–water partition coefficient (Wildman–Crippen LogP) is 4.91. The van der Waals surface area contributed by atoms with Crippen LogP contribution in [0.3, 0.4) is 0 Å². The molecule has 0 saturated carbocycles. The maximum absolute atomic E-state index is 13.2. The predicted molar refractivity (Wildman–Crippen MR) is 147 cm³/mol. The molecule has 16 heteroatoms. The molecule has 0 amide bonds. The van der Waals surface area contributed by atoms with Crippen LogP contribution < -0.4 is 18.9 Å². The van der Waals surface area contributed by atoms with Crippen molar-refractivity contribution in [3.63, 3.8) is 0 Å². The molecule has 0 aliphatic heterocycles. The number of ether oxygens (including phenoxy) is 2. The Labute approximate surface area is 233 Å². The Bertz CT molecular complexity index is 1840. The van der Waals surface area contributed by atoms with E-state index in [2.05, 4.69) is 9.44 Å². The lowest BCUT2D eigenvalue weighted by Gasteiger charge is -2.16. The van der Waals surface area contributed by atoms with E-state index >= 15 is 0 Å². The van der Waals surface area contributed by atoms with Crippen molar-refractivity contribution >= 4 is 42.8 Å². The fraction of sp³-hybridized carbons (Fsp3) is 0.0400. The van der Waals surface area contributed by atoms with Crippen molar-refractivity contribution in [2.45, 2.75) is 9.79 Å². The van der Waals surface area contributed by atoms with Gasteiger partial charge in [0.05, 0.1) is 38.1 Å². The molecule has 0 atom stereocenters. The average Bonchev–Trinajstić information content (AvgIpc) is 2.94. The molecule has 0 radical (unpaired) electrons. The lowest BCUT2D eigenvalue weighted by molar-refractivity contribution is -0.385. The van der Waals surface area contributed by atoms with Crippen LogP contribution in [0, 0.1) is 20.2 Å². The monoisotopic (exact) mass is 600 g/mol. The van der Waals surface area contributed by atoms with Crippen LogP contribution in [-0.4, -0.2) is 33.8 Å². The number of hydrogen-bond donors (Lipinski definition) is 2. The number of rotatable bonds is 11. The van der Waals surface area contributed by atoms with Crippen molar-refractivity contribution in [3.05, 3.63) is 111 Å². The van der Waals surface area contributed by atoms with Gasteiger partial charge in [0.25, 0.3) is 31.4 Å². The van der Waals surface area contributed by atoms with E-state index in [1.807, 2.05) is 0 Å². The lowest BCUT2D eigenvalue weighted by atomic mass is 10.2. The maximum atomic E-state index is 13.2. The van der Waals surface area contributed by atoms with Gasteiger partial charge < -0.3 is 9.47 Å². The smallest absolute Gasteiger partial charge is 0.270 e. The van der Waals surface area contributed by atoms with E-state index < -0.39 is 51.1 Å². The minimum atomic E-state index is -4.48. The molecule has 0 heterocycles. The van der Waals surface area contributed by atoms with Crippen LogP contribution in [0.2, 0.25) is 0 Å². The Balaban J connectivity index is 1.74. The topological polar surface area (TPSA) is 197 Å². The molecule has 212 valence electrons. The molecule has 0 aliphatic carbocycles. The van der Waals surface area contributed by atoms with Gasteiger partial charge in [0.15, 0.2) is 0 Å². The average molecular weight is 601 g/mol. The van der Waals surface area contributed by atoms with E-state index in [1.54, 1.807) is 24.3 Å². The molecule has 4 rings (SSSR count). The molecule has 41 heavy (non-hydrogen) atoms. The first kappa shape index (κ1) is 28.8. The summed E-state index contributed by atoms with van der Waals surface area (Å²) >= 11 is 0. The highest BCUT2D eigenvalue weighted by Crippen LogP contribution is 2.34. The van der Waals surface area contributed by atoms with Crippen molar-refractivity contribution in [2.24, 2.45) is 0 Å². The molecule has 2 N–H and O–H groups in total. The van der Waals surface area contributed by atoms with Crippen molar-refractivity contribution in [3.8, 4) is 17.2 Å². The molecule has 0 bridgehead atoms. The van der Waals surface area contributed by atoms with E-state index in [1.165, 1.54) is 37.4 Å². The number of benzene rings is 4. The number of nitro groups is 2. The minimum absolute atomic E-state index is 0.102. The molecule has 0 fully saturated rings. The molecule has 0 aromatic heterocycles. The molecule has 0 aliphatic rings. The highest BCUT2D eigenvalue weighted by atomic mass is 32.2. The van der Waals surface area contributed by atoms with E-state index in [0.29, 0.717) is 11.5 Å². The summed E-state index contributed by atoms with van der Waals surface area (Å²) in [6.45, 7) is 0. The van der Waals surface area contributed by atoms with Crippen LogP contribution in [0.15, 0.2) is 101 Å². The first-order valence-corrected chi connectivity index (χ1v) is 14.3. The largest absolute Gasteiger partial charge is 0.497 e. The highest BCUT2D eigenvalue weighted by Gasteiger charge is 2.23. The van der Waals surface area contributed by atoms with Gasteiger partial charge in [-0.05, 0) is 48.5 Å². The van der Waals surface area contributed by atoms with Crippen molar-refractivity contribution < 1.29 is 36.2 Å². The van der Waals surface area contributed by atoms with Gasteiger partial charge in [-0.2, -0.15) is 0 Å². The van der Waals surface area contributed by atoms with Gasteiger partial charge in [0, 0.05) is 30.3 Å². The van der Waals surface area contributed by atoms with Gasteiger partial charge in [-0.15, -0.1) is 0 Å². The zero-order valence-electron chi connectivity index (χ0n) is 21.0. The maximum Gasteiger partial charge on any atom is 0.270 e. The van der Waals surface area contributed by atoms with Gasteiger partial charge in [0.1, 0.15) is 17.2 Å². The van der Waals surface area contributed by atoms with E-state index in [0.717, 1.165) is 36.4 Å². The molecule has 0 saturated heterocycles. The normalized spacial score (nSPS) is 11.3. The summed E-state index contributed by atoms with van der Waals surface area (Å²) in [4.78, 5) is 19.9. The van der Waals surface area contributed by atoms with E-state index in [-0.39, 0.29) is 17.1 Å². The number of hydrogen-bond acceptors (Lipinski definition) is 10. The fourth-order valence-electron chi connectivity index (χ4n) is 3.48. The third-order valence-corrected chi connectivity index (χ3v) is 8.18. The highest BCUT2D eigenvalue weighted by molar-refractivity contribution is 7.93. The zero-order chi connectivity index (χ0) is 29.8. The molecular formula is C25H20N4O10S2. The third kappa shape index (κ3) is 6.87. The lowest BCUT2D eigenvalue weighted by Crippen LogP contribution is -2.18. The second-order valence-electron chi connectivity index (χ2n) is 8.20. The van der Waals surface area contributed by atoms with Gasteiger partial charge in [-0.3, -0.25) is 29.7 Å². The number of nitrogens with one attached hydrogen (secondary N) is 2. The quantitative estimate of drug-likeness (QED) is 0.176. The molecule has 0 unspecified atom stereocenters. The van der Waals surface area contributed by atoms with Gasteiger partial charge in [-0.1, -0.05) is 12.1 Å². The summed E-state index contributed by atoms with van der Waals surface area (Å²) in [5, 5.41) is 22.3. The number of anilines is 2. The number of sulfonamides is 2. The van der Waals surface area contributed by atoms with Crippen LogP contribution in [0.4, 0.5) is 22.7 Å². The molecule has 0 spiro atoms. The van der Waals surface area contributed by atoms with E-state index in [4.69, 9.17) is 9.47 Å². The second-order valence-corrected chi connectivity index (χ2v) is 11.6. The third-order valence-electron chi connectivity index (χ3n) is 5.45. The van der Waals surface area contributed by atoms with Crippen molar-refractivity contribution in [1.82, 2.24) is 0 Å². The van der Waals surface area contributed by atoms with Crippen molar-refractivity contribution in [2.75, 3.05) is 16.6 Å². The summed E-state index contributed by atoms with van der Waals surface area (Å²) in [5.74, 6) is 1.02. The summed E-state index contributed by atoms with van der Waals surface area (Å²) in [6, 6.07) is 18.7. The first-order valence-electron chi connectivity index (χ1n) is 11.4. The summed E-state index contributed by atoms with van der Waals surface area (Å²) in [5.41, 5.74) is -1.50. The summed E-state index contributed by atoms with van der Waals surface area (Å²) in [6.07, 6.45) is 0. The standard InChI is InChI=1S/C25H20N4O10S2/c1-38-19-8-10-20(11-9-19)39-21-12-13-24(26-40(34,35)22-6-2-4-17(14-22)28(30)31)25(16-21)27-41(36,37)23-7-3-5-18(15-23)29(32)33/h2-16,26-27H,1H3. The number of nitrogens with zero attached hydrogens (tertiary/aromatic N) is 2. The Morgan fingerprint density at radius 3 is 1.56 bits per heavy atom. The SMILES string of the molecule is COc1ccc(Oc2ccc(NS(=O)(=O)c3cccc([N+](=O)[O-])c3)c(NS(=O)(=O)c3cccc([N+](=O)[O-])c3)c2)cc1. The van der Waals surface area contributed by atoms with E-state index in [9.17, 15) is 37.1 Å². The molecule has 14 nitrogen and oxygen atoms in total. The van der Waals surface area contributed by atoms with Crippen molar-refractivity contribution in [1.29, 1.82) is 0 Å². The van der Waals surface area contributed by atoms with Crippen LogP contribution in [0.25, 0.3) is 0 Å². The number of nitro benzene ring substituents is 2. The minimum Gasteiger partial charge on any atom is -0.497 e. The van der Waals surface area contributed by atoms with Crippen LogP contribution >= 0.6 is 0 Å². The molecule has 4 aromatic rings. The molecular weight excluding hydrogens is 580 g/mol. The molecule has 4 aromatic carbocycles. The summed E-state index contributed by atoms with van der Waals surface area (Å²) < 4.78 is 67.9. The van der Waals surface area contributed by atoms with Crippen LogP contribution in [0.5, 0.6) is 17.2 Å². The Morgan fingerprint density at radius 1 is 0.610 bits per heavy atom. The van der Waals surface area contributed by atoms with Crippen LogP contribution in [-0.2, 0) is 20.0 Å². The van der Waals surface area contributed by atoms with Gasteiger partial charge in [-0.25, -0.2) is 16.8 Å². The Kier molecular flexibility index (Phi) is 8.06. The first-order chi connectivity index (χ1) is 19.4.